The Morgan fingerprint density at radius 1 is 1.17 bits per heavy atom. The molecule has 3 heteroatoms. The van der Waals surface area contributed by atoms with Gasteiger partial charge in [-0.1, -0.05) is 37.6 Å². The number of rotatable bonds is 4. The molecule has 2 nitrogen and oxygen atoms in total. The molecule has 0 fully saturated rings. The summed E-state index contributed by atoms with van der Waals surface area (Å²) < 4.78 is 4.71. The summed E-state index contributed by atoms with van der Waals surface area (Å²) in [5.41, 5.74) is 2.50. The number of aryl methyl sites for hydroxylation is 1. The standard InChI is InChI=1S/C15H16O2S/c1-3-4-11-5-7-12(8-6-11)13-9-10-14(18-13)15(16)17-2/h5-10H,3-4H2,1-2H3. The maximum Gasteiger partial charge on any atom is 0.348 e. The van der Waals surface area contributed by atoms with E-state index in [4.69, 9.17) is 4.74 Å². The number of carbonyl (C=O) groups is 1. The molecule has 0 N–H and O–H groups in total. The lowest BCUT2D eigenvalue weighted by molar-refractivity contribution is 0.0606. The second-order valence-electron chi connectivity index (χ2n) is 4.10. The molecule has 0 spiro atoms. The highest BCUT2D eigenvalue weighted by atomic mass is 32.1. The summed E-state index contributed by atoms with van der Waals surface area (Å²) in [6, 6.07) is 12.3. The van der Waals surface area contributed by atoms with Gasteiger partial charge in [-0.2, -0.15) is 0 Å². The molecule has 0 atom stereocenters. The van der Waals surface area contributed by atoms with Crippen LogP contribution in [0.1, 0.15) is 28.6 Å². The number of hydrogen-bond acceptors (Lipinski definition) is 3. The van der Waals surface area contributed by atoms with Gasteiger partial charge in [0.1, 0.15) is 4.88 Å². The van der Waals surface area contributed by atoms with Crippen LogP contribution in [0.25, 0.3) is 10.4 Å². The molecule has 1 aromatic heterocycles. The van der Waals surface area contributed by atoms with Crippen molar-refractivity contribution in [3.05, 3.63) is 46.8 Å². The van der Waals surface area contributed by atoms with Crippen molar-refractivity contribution >= 4 is 17.3 Å². The zero-order valence-corrected chi connectivity index (χ0v) is 11.4. The predicted octanol–water partition coefficient (Wildman–Crippen LogP) is 4.15. The van der Waals surface area contributed by atoms with Gasteiger partial charge in [0.15, 0.2) is 0 Å². The van der Waals surface area contributed by atoms with Gasteiger partial charge in [-0.3, -0.25) is 0 Å². The van der Waals surface area contributed by atoms with Crippen molar-refractivity contribution in [1.82, 2.24) is 0 Å². The summed E-state index contributed by atoms with van der Waals surface area (Å²) in [6.45, 7) is 2.18. The first kappa shape index (κ1) is 12.8. The molecule has 0 saturated heterocycles. The third-order valence-corrected chi connectivity index (χ3v) is 3.88. The van der Waals surface area contributed by atoms with Gasteiger partial charge in [-0.15, -0.1) is 11.3 Å². The van der Waals surface area contributed by atoms with Gasteiger partial charge in [-0.05, 0) is 29.7 Å². The lowest BCUT2D eigenvalue weighted by Crippen LogP contribution is -1.96. The van der Waals surface area contributed by atoms with E-state index in [0.717, 1.165) is 23.3 Å². The fourth-order valence-electron chi connectivity index (χ4n) is 1.83. The van der Waals surface area contributed by atoms with Gasteiger partial charge < -0.3 is 4.74 Å². The van der Waals surface area contributed by atoms with Gasteiger partial charge in [0.05, 0.1) is 7.11 Å². The average Bonchev–Trinajstić information content (AvgIpc) is 2.89. The number of hydrogen-bond donors (Lipinski definition) is 0. The monoisotopic (exact) mass is 260 g/mol. The van der Waals surface area contributed by atoms with Gasteiger partial charge in [0.25, 0.3) is 0 Å². The van der Waals surface area contributed by atoms with E-state index in [1.54, 1.807) is 0 Å². The van der Waals surface area contributed by atoms with Crippen molar-refractivity contribution in [3.63, 3.8) is 0 Å². The smallest absolute Gasteiger partial charge is 0.348 e. The molecule has 0 aliphatic rings. The summed E-state index contributed by atoms with van der Waals surface area (Å²) >= 11 is 1.46. The molecular weight excluding hydrogens is 244 g/mol. The molecule has 1 aromatic carbocycles. The molecule has 0 aliphatic carbocycles. The number of benzene rings is 1. The lowest BCUT2D eigenvalue weighted by Gasteiger charge is -2.01. The van der Waals surface area contributed by atoms with Crippen LogP contribution in [-0.4, -0.2) is 13.1 Å². The van der Waals surface area contributed by atoms with Crippen LogP contribution in [0.5, 0.6) is 0 Å². The molecular formula is C15H16O2S. The van der Waals surface area contributed by atoms with Gasteiger partial charge in [0, 0.05) is 4.88 Å². The molecule has 0 bridgehead atoms. The fraction of sp³-hybridized carbons (Fsp3) is 0.267. The first-order valence-corrected chi connectivity index (χ1v) is 6.83. The van der Waals surface area contributed by atoms with Crippen LogP contribution in [0.3, 0.4) is 0 Å². The van der Waals surface area contributed by atoms with E-state index >= 15 is 0 Å². The SMILES string of the molecule is CCCc1ccc(-c2ccc(C(=O)OC)s2)cc1. The topological polar surface area (TPSA) is 26.3 Å². The van der Waals surface area contributed by atoms with Crippen molar-refractivity contribution < 1.29 is 9.53 Å². The first-order chi connectivity index (χ1) is 8.74. The Labute approximate surface area is 111 Å². The van der Waals surface area contributed by atoms with Crippen LogP contribution in [0.4, 0.5) is 0 Å². The summed E-state index contributed by atoms with van der Waals surface area (Å²) in [5.74, 6) is -0.270. The van der Waals surface area contributed by atoms with E-state index < -0.39 is 0 Å². The van der Waals surface area contributed by atoms with Crippen LogP contribution in [0.15, 0.2) is 36.4 Å². The maximum atomic E-state index is 11.4. The lowest BCUT2D eigenvalue weighted by atomic mass is 10.1. The Bertz CT molecular complexity index is 526. The Morgan fingerprint density at radius 2 is 1.89 bits per heavy atom. The van der Waals surface area contributed by atoms with Gasteiger partial charge >= 0.3 is 5.97 Å². The number of esters is 1. The minimum absolute atomic E-state index is 0.270. The first-order valence-electron chi connectivity index (χ1n) is 6.02. The van der Waals surface area contributed by atoms with Crippen LogP contribution < -0.4 is 0 Å². The molecule has 0 unspecified atom stereocenters. The Hall–Kier alpha value is -1.61. The maximum absolute atomic E-state index is 11.4. The number of carbonyl (C=O) groups excluding carboxylic acids is 1. The van der Waals surface area contributed by atoms with Crippen LogP contribution >= 0.6 is 11.3 Å². The highest BCUT2D eigenvalue weighted by Gasteiger charge is 2.09. The third-order valence-electron chi connectivity index (χ3n) is 2.77. The largest absolute Gasteiger partial charge is 0.465 e. The minimum atomic E-state index is -0.270. The van der Waals surface area contributed by atoms with Crippen LogP contribution in [0.2, 0.25) is 0 Å². The Morgan fingerprint density at radius 3 is 2.50 bits per heavy atom. The zero-order chi connectivity index (χ0) is 13.0. The van der Waals surface area contributed by atoms with Crippen LogP contribution in [0, 0.1) is 0 Å². The normalized spacial score (nSPS) is 10.3. The Kier molecular flexibility index (Phi) is 4.15. The summed E-state index contributed by atoms with van der Waals surface area (Å²) in [4.78, 5) is 13.1. The van der Waals surface area contributed by atoms with Crippen molar-refractivity contribution in [2.75, 3.05) is 7.11 Å². The van der Waals surface area contributed by atoms with E-state index in [9.17, 15) is 4.79 Å². The average molecular weight is 260 g/mol. The number of methoxy groups -OCH3 is 1. The van der Waals surface area contributed by atoms with Crippen molar-refractivity contribution in [2.45, 2.75) is 19.8 Å². The van der Waals surface area contributed by atoms with Gasteiger partial charge in [0.2, 0.25) is 0 Å². The summed E-state index contributed by atoms with van der Waals surface area (Å²) in [6.07, 6.45) is 2.27. The van der Waals surface area contributed by atoms with E-state index in [1.807, 2.05) is 12.1 Å². The molecule has 0 aliphatic heterocycles. The third kappa shape index (κ3) is 2.79. The molecule has 0 saturated carbocycles. The minimum Gasteiger partial charge on any atom is -0.465 e. The molecule has 0 amide bonds. The second kappa shape index (κ2) is 5.83. The molecule has 18 heavy (non-hydrogen) atoms. The molecule has 94 valence electrons. The fourth-order valence-corrected chi connectivity index (χ4v) is 2.76. The Balaban J connectivity index is 2.20. The quantitative estimate of drug-likeness (QED) is 0.772. The van der Waals surface area contributed by atoms with Crippen molar-refractivity contribution in [3.8, 4) is 10.4 Å². The van der Waals surface area contributed by atoms with E-state index in [0.29, 0.717) is 4.88 Å². The van der Waals surface area contributed by atoms with E-state index in [-0.39, 0.29) is 5.97 Å². The van der Waals surface area contributed by atoms with Crippen LogP contribution in [-0.2, 0) is 11.2 Å². The molecule has 0 radical (unpaired) electrons. The zero-order valence-electron chi connectivity index (χ0n) is 10.6. The van der Waals surface area contributed by atoms with E-state index in [2.05, 4.69) is 31.2 Å². The highest BCUT2D eigenvalue weighted by Crippen LogP contribution is 2.28. The second-order valence-corrected chi connectivity index (χ2v) is 5.19. The molecule has 1 heterocycles. The number of thiophene rings is 1. The molecule has 2 rings (SSSR count). The van der Waals surface area contributed by atoms with Crippen molar-refractivity contribution in [2.24, 2.45) is 0 Å². The predicted molar refractivity (Wildman–Crippen MR) is 75.1 cm³/mol. The molecule has 2 aromatic rings. The van der Waals surface area contributed by atoms with Crippen molar-refractivity contribution in [1.29, 1.82) is 0 Å². The number of ether oxygens (including phenoxy) is 1. The summed E-state index contributed by atoms with van der Waals surface area (Å²) in [5, 5.41) is 0. The highest BCUT2D eigenvalue weighted by molar-refractivity contribution is 7.17. The summed E-state index contributed by atoms with van der Waals surface area (Å²) in [7, 11) is 1.40. The van der Waals surface area contributed by atoms with Gasteiger partial charge in [-0.25, -0.2) is 4.79 Å². The van der Waals surface area contributed by atoms with E-state index in [1.165, 1.54) is 24.0 Å².